The first kappa shape index (κ1) is 16.0. The number of nitrogen functional groups attached to an aromatic ring is 1. The highest BCUT2D eigenvalue weighted by molar-refractivity contribution is 6.33. The maximum absolute atomic E-state index is 12.5. The highest BCUT2D eigenvalue weighted by Gasteiger charge is 2.32. The number of nitrogens with one attached hydrogen (secondary N) is 1. The fourth-order valence-electron chi connectivity index (χ4n) is 1.57. The number of hydrogen-bond donors (Lipinski definition) is 2. The van der Waals surface area contributed by atoms with E-state index in [-0.39, 0.29) is 17.3 Å². The predicted octanol–water partition coefficient (Wildman–Crippen LogP) is 2.66. The van der Waals surface area contributed by atoms with Crippen molar-refractivity contribution in [1.82, 2.24) is 15.3 Å². The minimum atomic E-state index is -4.57. The van der Waals surface area contributed by atoms with Gasteiger partial charge in [-0.05, 0) is 17.7 Å². The molecular formula is C13H10ClF3N4O. The van der Waals surface area contributed by atoms with Gasteiger partial charge < -0.3 is 11.1 Å². The minimum absolute atomic E-state index is 0.116. The van der Waals surface area contributed by atoms with E-state index in [0.717, 1.165) is 0 Å². The molecule has 2 heterocycles. The van der Waals surface area contributed by atoms with Gasteiger partial charge in [-0.15, -0.1) is 0 Å². The lowest BCUT2D eigenvalue weighted by molar-refractivity contribution is -0.137. The topological polar surface area (TPSA) is 80.9 Å². The fraction of sp³-hybridized carbons (Fsp3) is 0.154. The van der Waals surface area contributed by atoms with E-state index in [1.54, 1.807) is 12.1 Å². The van der Waals surface area contributed by atoms with Crippen molar-refractivity contribution < 1.29 is 18.0 Å². The molecule has 22 heavy (non-hydrogen) atoms. The first-order valence-corrected chi connectivity index (χ1v) is 6.36. The average Bonchev–Trinajstić information content (AvgIpc) is 2.45. The molecule has 2 aromatic rings. The van der Waals surface area contributed by atoms with Crippen molar-refractivity contribution in [3.05, 3.63) is 52.4 Å². The number of carbonyl (C=O) groups excluding carboxylic acids is 1. The van der Waals surface area contributed by atoms with Crippen LogP contribution in [0.5, 0.6) is 0 Å². The summed E-state index contributed by atoms with van der Waals surface area (Å²) in [4.78, 5) is 19.2. The van der Waals surface area contributed by atoms with Crippen molar-refractivity contribution in [3.63, 3.8) is 0 Å². The van der Waals surface area contributed by atoms with Gasteiger partial charge in [0.1, 0.15) is 11.5 Å². The highest BCUT2D eigenvalue weighted by Crippen LogP contribution is 2.30. The molecule has 3 N–H and O–H groups in total. The Hall–Kier alpha value is -2.35. The van der Waals surface area contributed by atoms with Gasteiger partial charge in [0.25, 0.3) is 5.91 Å². The molecule has 0 saturated heterocycles. The van der Waals surface area contributed by atoms with Crippen LogP contribution in [0, 0.1) is 0 Å². The quantitative estimate of drug-likeness (QED) is 0.906. The first-order chi connectivity index (χ1) is 10.3. The third-order valence-corrected chi connectivity index (χ3v) is 2.97. The monoisotopic (exact) mass is 330 g/mol. The number of anilines is 1. The molecule has 0 unspecified atom stereocenters. The summed E-state index contributed by atoms with van der Waals surface area (Å²) in [6.45, 7) is 0.116. The van der Waals surface area contributed by atoms with Crippen LogP contribution in [-0.4, -0.2) is 15.9 Å². The summed E-state index contributed by atoms with van der Waals surface area (Å²) in [5.41, 5.74) is 4.80. The highest BCUT2D eigenvalue weighted by atomic mass is 35.5. The molecule has 0 aromatic carbocycles. The standard InChI is InChI=1S/C13H10ClF3N4O/c14-9-3-8(13(15,16)17)6-20-11(9)12(22)21-5-7-1-2-10(18)19-4-7/h1-4,6H,5H2,(H2,18,19)(H,21,22). The van der Waals surface area contributed by atoms with Gasteiger partial charge in [0, 0.05) is 18.9 Å². The molecule has 2 aromatic heterocycles. The number of rotatable bonds is 3. The average molecular weight is 331 g/mol. The van der Waals surface area contributed by atoms with Crippen LogP contribution < -0.4 is 11.1 Å². The summed E-state index contributed by atoms with van der Waals surface area (Å²) in [5, 5.41) is 2.11. The molecule has 5 nitrogen and oxygen atoms in total. The molecule has 0 spiro atoms. The number of aromatic nitrogens is 2. The van der Waals surface area contributed by atoms with Crippen LogP contribution >= 0.6 is 11.6 Å². The van der Waals surface area contributed by atoms with Crippen LogP contribution in [0.2, 0.25) is 5.02 Å². The number of amides is 1. The van der Waals surface area contributed by atoms with Crippen molar-refractivity contribution in [1.29, 1.82) is 0 Å². The minimum Gasteiger partial charge on any atom is -0.384 e. The Balaban J connectivity index is 2.08. The molecule has 0 saturated carbocycles. The van der Waals surface area contributed by atoms with E-state index in [1.807, 2.05) is 0 Å². The second kappa shape index (κ2) is 6.18. The molecule has 0 aliphatic carbocycles. The van der Waals surface area contributed by atoms with Crippen LogP contribution in [0.15, 0.2) is 30.6 Å². The SMILES string of the molecule is Nc1ccc(CNC(=O)c2ncc(C(F)(F)F)cc2Cl)cn1. The van der Waals surface area contributed by atoms with Gasteiger partial charge in [-0.2, -0.15) is 13.2 Å². The Morgan fingerprint density at radius 2 is 2.00 bits per heavy atom. The summed E-state index contributed by atoms with van der Waals surface area (Å²) >= 11 is 5.68. The van der Waals surface area contributed by atoms with E-state index in [9.17, 15) is 18.0 Å². The molecule has 0 aliphatic rings. The molecule has 0 atom stereocenters. The number of nitrogens with two attached hydrogens (primary N) is 1. The maximum atomic E-state index is 12.5. The maximum Gasteiger partial charge on any atom is 0.417 e. The molecule has 0 bridgehead atoms. The lowest BCUT2D eigenvalue weighted by Gasteiger charge is -2.09. The lowest BCUT2D eigenvalue weighted by Crippen LogP contribution is -2.24. The molecule has 116 valence electrons. The molecule has 0 radical (unpaired) electrons. The zero-order valence-corrected chi connectivity index (χ0v) is 11.7. The van der Waals surface area contributed by atoms with Crippen molar-refractivity contribution in [3.8, 4) is 0 Å². The van der Waals surface area contributed by atoms with E-state index in [0.29, 0.717) is 23.6 Å². The van der Waals surface area contributed by atoms with Gasteiger partial charge >= 0.3 is 6.18 Å². The number of halogens is 4. The van der Waals surface area contributed by atoms with Crippen LogP contribution in [0.3, 0.4) is 0 Å². The fourth-order valence-corrected chi connectivity index (χ4v) is 1.82. The molecule has 2 rings (SSSR count). The number of carbonyl (C=O) groups is 1. The second-order valence-electron chi connectivity index (χ2n) is 4.33. The number of hydrogen-bond acceptors (Lipinski definition) is 4. The van der Waals surface area contributed by atoms with Crippen molar-refractivity contribution in [2.24, 2.45) is 0 Å². The first-order valence-electron chi connectivity index (χ1n) is 5.98. The van der Waals surface area contributed by atoms with Gasteiger partial charge in [0.05, 0.1) is 10.6 Å². The molecular weight excluding hydrogens is 321 g/mol. The second-order valence-corrected chi connectivity index (χ2v) is 4.73. The number of pyridine rings is 2. The van der Waals surface area contributed by atoms with Crippen LogP contribution in [-0.2, 0) is 12.7 Å². The Bertz CT molecular complexity index is 689. The van der Waals surface area contributed by atoms with Crippen molar-refractivity contribution in [2.45, 2.75) is 12.7 Å². The predicted molar refractivity (Wildman–Crippen MR) is 74.1 cm³/mol. The van der Waals surface area contributed by atoms with E-state index in [4.69, 9.17) is 17.3 Å². The number of alkyl halides is 3. The van der Waals surface area contributed by atoms with E-state index >= 15 is 0 Å². The van der Waals surface area contributed by atoms with E-state index in [1.165, 1.54) is 6.20 Å². The van der Waals surface area contributed by atoms with E-state index in [2.05, 4.69) is 15.3 Å². The summed E-state index contributed by atoms with van der Waals surface area (Å²) in [6.07, 6.45) is -2.54. The zero-order chi connectivity index (χ0) is 16.3. The summed E-state index contributed by atoms with van der Waals surface area (Å²) in [5.74, 6) is -0.349. The lowest BCUT2D eigenvalue weighted by atomic mass is 10.2. The molecule has 9 heteroatoms. The van der Waals surface area contributed by atoms with Gasteiger partial charge in [0.2, 0.25) is 0 Å². The van der Waals surface area contributed by atoms with Crippen LogP contribution in [0.4, 0.5) is 19.0 Å². The number of nitrogens with zero attached hydrogens (tertiary/aromatic N) is 2. The third kappa shape index (κ3) is 3.85. The van der Waals surface area contributed by atoms with Crippen LogP contribution in [0.25, 0.3) is 0 Å². The molecule has 0 aliphatic heterocycles. The van der Waals surface area contributed by atoms with Crippen molar-refractivity contribution in [2.75, 3.05) is 5.73 Å². The summed E-state index contributed by atoms with van der Waals surface area (Å²) in [6, 6.07) is 3.88. The Kier molecular flexibility index (Phi) is 4.51. The van der Waals surface area contributed by atoms with Gasteiger partial charge in [-0.25, -0.2) is 9.97 Å². The largest absolute Gasteiger partial charge is 0.417 e. The summed E-state index contributed by atoms with van der Waals surface area (Å²) in [7, 11) is 0. The Morgan fingerprint density at radius 3 is 2.55 bits per heavy atom. The van der Waals surface area contributed by atoms with Gasteiger partial charge in [-0.1, -0.05) is 17.7 Å². The Morgan fingerprint density at radius 1 is 1.27 bits per heavy atom. The normalized spacial score (nSPS) is 11.3. The third-order valence-electron chi connectivity index (χ3n) is 2.68. The van der Waals surface area contributed by atoms with E-state index < -0.39 is 17.6 Å². The van der Waals surface area contributed by atoms with Crippen molar-refractivity contribution >= 4 is 23.3 Å². The van der Waals surface area contributed by atoms with Gasteiger partial charge in [0.15, 0.2) is 0 Å². The molecule has 0 fully saturated rings. The zero-order valence-electron chi connectivity index (χ0n) is 11.0. The molecule has 1 amide bonds. The summed E-state index contributed by atoms with van der Waals surface area (Å²) < 4.78 is 37.5. The van der Waals surface area contributed by atoms with Gasteiger partial charge in [-0.3, -0.25) is 4.79 Å². The van der Waals surface area contributed by atoms with Crippen LogP contribution in [0.1, 0.15) is 21.6 Å². The smallest absolute Gasteiger partial charge is 0.384 e. The Labute approximate surface area is 128 Å².